The molecule has 0 amide bonds. The number of nitrogens with two attached hydrogens (primary N) is 1. The van der Waals surface area contributed by atoms with Gasteiger partial charge in [-0.1, -0.05) is 6.92 Å². The highest BCUT2D eigenvalue weighted by Crippen LogP contribution is 2.30. The molecule has 0 saturated carbocycles. The summed E-state index contributed by atoms with van der Waals surface area (Å²) in [6.07, 6.45) is 0. The molecule has 120 valence electrons. The molecule has 0 radical (unpaired) electrons. The molecule has 0 aromatic heterocycles. The molecule has 21 heavy (non-hydrogen) atoms. The largest absolute Gasteiger partial charge is 0.396 e. The predicted molar refractivity (Wildman–Crippen MR) is 86.1 cm³/mol. The molecule has 0 bridgehead atoms. The van der Waals surface area contributed by atoms with Crippen LogP contribution in [0.15, 0.2) is 21.5 Å². The molecule has 0 aliphatic carbocycles. The molecule has 0 fully saturated rings. The van der Waals surface area contributed by atoms with Crippen LogP contribution in [0, 0.1) is 5.82 Å². The van der Waals surface area contributed by atoms with E-state index in [4.69, 9.17) is 5.73 Å². The summed E-state index contributed by atoms with van der Waals surface area (Å²) in [6.45, 7) is 4.51. The normalized spacial score (nSPS) is 13.9. The van der Waals surface area contributed by atoms with Gasteiger partial charge < -0.3 is 10.6 Å². The first kappa shape index (κ1) is 18.3. The first-order valence-corrected chi connectivity index (χ1v) is 8.75. The first-order chi connectivity index (χ1) is 9.61. The maximum absolute atomic E-state index is 13.4. The van der Waals surface area contributed by atoms with Crippen LogP contribution < -0.4 is 5.73 Å². The zero-order valence-electron chi connectivity index (χ0n) is 12.6. The van der Waals surface area contributed by atoms with Gasteiger partial charge in [0.1, 0.15) is 5.82 Å². The number of nitrogen functional groups attached to an aromatic ring is 1. The fourth-order valence-corrected chi connectivity index (χ4v) is 4.85. The lowest BCUT2D eigenvalue weighted by molar-refractivity contribution is 0.271. The summed E-state index contributed by atoms with van der Waals surface area (Å²) in [4.78, 5) is 1.89. The number of benzene rings is 1. The number of hydrogen-bond donors (Lipinski definition) is 1. The van der Waals surface area contributed by atoms with Gasteiger partial charge in [-0.05, 0) is 49.1 Å². The Hall–Kier alpha value is -0.700. The summed E-state index contributed by atoms with van der Waals surface area (Å²) in [5.41, 5.74) is 5.31. The minimum absolute atomic E-state index is 0.0196. The van der Waals surface area contributed by atoms with E-state index in [9.17, 15) is 12.8 Å². The van der Waals surface area contributed by atoms with E-state index in [1.54, 1.807) is 6.92 Å². The topological polar surface area (TPSA) is 66.6 Å². The smallest absolute Gasteiger partial charge is 0.244 e. The molecule has 0 aliphatic rings. The van der Waals surface area contributed by atoms with Crippen LogP contribution in [0.5, 0.6) is 0 Å². The minimum Gasteiger partial charge on any atom is -0.396 e. The molecular formula is C13H21BrFN3O2S. The number of anilines is 1. The molecule has 0 heterocycles. The lowest BCUT2D eigenvalue weighted by atomic mass is 10.3. The first-order valence-electron chi connectivity index (χ1n) is 6.52. The summed E-state index contributed by atoms with van der Waals surface area (Å²) >= 11 is 3.10. The highest BCUT2D eigenvalue weighted by atomic mass is 79.9. The van der Waals surface area contributed by atoms with Crippen LogP contribution in [0.3, 0.4) is 0 Å². The molecule has 0 spiro atoms. The summed E-state index contributed by atoms with van der Waals surface area (Å²) in [6, 6.07) is 2.01. The maximum atomic E-state index is 13.4. The summed E-state index contributed by atoms with van der Waals surface area (Å²) in [5, 5.41) is 0. The van der Waals surface area contributed by atoms with Crippen LogP contribution in [0.1, 0.15) is 13.8 Å². The van der Waals surface area contributed by atoms with E-state index in [-0.39, 0.29) is 21.1 Å². The highest BCUT2D eigenvalue weighted by Gasteiger charge is 2.30. The second kappa shape index (κ2) is 7.04. The van der Waals surface area contributed by atoms with E-state index in [1.807, 2.05) is 25.9 Å². The van der Waals surface area contributed by atoms with Gasteiger partial charge in [-0.15, -0.1) is 0 Å². The van der Waals surface area contributed by atoms with E-state index in [1.165, 1.54) is 4.31 Å². The van der Waals surface area contributed by atoms with E-state index < -0.39 is 15.8 Å². The Labute approximate surface area is 134 Å². The number of rotatable bonds is 6. The standard InChI is InChI=1S/C13H21BrFN3O2S/c1-5-18(9(2)8-17(3)4)21(19,20)13-7-12(16)11(15)6-10(13)14/h6-7,9H,5,8,16H2,1-4H3. The molecule has 1 atom stereocenters. The third-order valence-corrected chi connectivity index (χ3v) is 6.12. The van der Waals surface area contributed by atoms with Crippen molar-refractivity contribution in [3.8, 4) is 0 Å². The predicted octanol–water partition coefficient (Wildman–Crippen LogP) is 2.13. The summed E-state index contributed by atoms with van der Waals surface area (Å²) < 4.78 is 40.5. The van der Waals surface area contributed by atoms with Gasteiger partial charge in [0, 0.05) is 23.6 Å². The van der Waals surface area contributed by atoms with Crippen LogP contribution in [-0.4, -0.2) is 50.8 Å². The Morgan fingerprint density at radius 2 is 1.95 bits per heavy atom. The van der Waals surface area contributed by atoms with Crippen molar-refractivity contribution in [3.63, 3.8) is 0 Å². The second-order valence-corrected chi connectivity index (χ2v) is 7.84. The number of halogens is 2. The molecule has 1 rings (SSSR count). The van der Waals surface area contributed by atoms with Crippen molar-refractivity contribution >= 4 is 31.6 Å². The van der Waals surface area contributed by atoms with Crippen molar-refractivity contribution in [2.24, 2.45) is 0 Å². The lowest BCUT2D eigenvalue weighted by Crippen LogP contribution is -2.43. The third-order valence-electron chi connectivity index (χ3n) is 3.07. The van der Waals surface area contributed by atoms with Gasteiger partial charge in [-0.25, -0.2) is 12.8 Å². The fraction of sp³-hybridized carbons (Fsp3) is 0.538. The Balaban J connectivity index is 3.28. The van der Waals surface area contributed by atoms with Gasteiger partial charge >= 0.3 is 0 Å². The van der Waals surface area contributed by atoms with Crippen molar-refractivity contribution in [3.05, 3.63) is 22.4 Å². The monoisotopic (exact) mass is 381 g/mol. The zero-order valence-corrected chi connectivity index (χ0v) is 15.0. The molecule has 0 saturated heterocycles. The van der Waals surface area contributed by atoms with Crippen LogP contribution in [0.4, 0.5) is 10.1 Å². The van der Waals surface area contributed by atoms with Crippen molar-refractivity contribution in [2.45, 2.75) is 24.8 Å². The van der Waals surface area contributed by atoms with Gasteiger partial charge in [0.2, 0.25) is 10.0 Å². The van der Waals surface area contributed by atoms with E-state index in [0.29, 0.717) is 13.1 Å². The van der Waals surface area contributed by atoms with Gasteiger partial charge in [0.15, 0.2) is 0 Å². The molecule has 0 aliphatic heterocycles. The van der Waals surface area contributed by atoms with Crippen LogP contribution >= 0.6 is 15.9 Å². The van der Waals surface area contributed by atoms with Crippen LogP contribution in [-0.2, 0) is 10.0 Å². The number of hydrogen-bond acceptors (Lipinski definition) is 4. The fourth-order valence-electron chi connectivity index (χ4n) is 2.21. The van der Waals surface area contributed by atoms with Crippen molar-refractivity contribution in [1.29, 1.82) is 0 Å². The number of likely N-dealkylation sites (N-methyl/N-ethyl adjacent to an activating group) is 2. The second-order valence-electron chi connectivity index (χ2n) is 5.12. The van der Waals surface area contributed by atoms with E-state index >= 15 is 0 Å². The lowest BCUT2D eigenvalue weighted by Gasteiger charge is -2.29. The van der Waals surface area contributed by atoms with Gasteiger partial charge in [-0.3, -0.25) is 0 Å². The summed E-state index contributed by atoms with van der Waals surface area (Å²) in [5.74, 6) is -0.648. The Bertz CT molecular complexity index is 608. The average Bonchev–Trinajstić information content (AvgIpc) is 2.33. The molecule has 1 unspecified atom stereocenters. The maximum Gasteiger partial charge on any atom is 0.244 e. The molecule has 8 heteroatoms. The molecule has 1 aromatic rings. The molecular weight excluding hydrogens is 361 g/mol. The van der Waals surface area contributed by atoms with Crippen molar-refractivity contribution in [2.75, 3.05) is 32.9 Å². The number of sulfonamides is 1. The van der Waals surface area contributed by atoms with Gasteiger partial charge in [0.05, 0.1) is 10.6 Å². The Morgan fingerprint density at radius 3 is 2.43 bits per heavy atom. The third kappa shape index (κ3) is 4.15. The van der Waals surface area contributed by atoms with Crippen LogP contribution in [0.2, 0.25) is 0 Å². The SMILES string of the molecule is CCN(C(C)CN(C)C)S(=O)(=O)c1cc(N)c(F)cc1Br. The van der Waals surface area contributed by atoms with E-state index in [2.05, 4.69) is 15.9 Å². The molecule has 5 nitrogen and oxygen atoms in total. The van der Waals surface area contributed by atoms with E-state index in [0.717, 1.165) is 12.1 Å². The van der Waals surface area contributed by atoms with Crippen molar-refractivity contribution < 1.29 is 12.8 Å². The Kier molecular flexibility index (Phi) is 6.15. The van der Waals surface area contributed by atoms with Crippen LogP contribution in [0.25, 0.3) is 0 Å². The van der Waals surface area contributed by atoms with Crippen molar-refractivity contribution in [1.82, 2.24) is 9.21 Å². The molecule has 1 aromatic carbocycles. The average molecular weight is 382 g/mol. The van der Waals surface area contributed by atoms with Gasteiger partial charge in [0.25, 0.3) is 0 Å². The Morgan fingerprint density at radius 1 is 1.38 bits per heavy atom. The summed E-state index contributed by atoms with van der Waals surface area (Å²) in [7, 11) is 0.00267. The van der Waals surface area contributed by atoms with Gasteiger partial charge in [-0.2, -0.15) is 4.31 Å². The minimum atomic E-state index is -3.75. The zero-order chi connectivity index (χ0) is 16.4. The molecule has 2 N–H and O–H groups in total. The highest BCUT2D eigenvalue weighted by molar-refractivity contribution is 9.10. The number of nitrogens with zero attached hydrogens (tertiary/aromatic N) is 2. The quantitative estimate of drug-likeness (QED) is 0.766.